The van der Waals surface area contributed by atoms with Crippen molar-refractivity contribution in [1.29, 1.82) is 0 Å². The van der Waals surface area contributed by atoms with Gasteiger partial charge in [-0.15, -0.1) is 0 Å². The van der Waals surface area contributed by atoms with Crippen molar-refractivity contribution in [3.05, 3.63) is 41.5 Å². The number of carbonyl (C=O) groups excluding carboxylic acids is 1. The Bertz CT molecular complexity index is 443. The summed E-state index contributed by atoms with van der Waals surface area (Å²) in [6, 6.07) is 9.69. The molecule has 0 bridgehead atoms. The Morgan fingerprint density at radius 1 is 1.25 bits per heavy atom. The number of ketones is 1. The highest BCUT2D eigenvalue weighted by atomic mass is 35.5. The van der Waals surface area contributed by atoms with Crippen LogP contribution >= 0.6 is 11.6 Å². The molecule has 0 saturated heterocycles. The molecule has 1 aliphatic carbocycles. The molecule has 1 aromatic carbocycles. The third-order valence-corrected chi connectivity index (χ3v) is 3.63. The molecule has 0 radical (unpaired) electrons. The van der Waals surface area contributed by atoms with E-state index in [0.717, 1.165) is 24.0 Å². The zero-order chi connectivity index (χ0) is 11.8. The van der Waals surface area contributed by atoms with E-state index in [1.54, 1.807) is 0 Å². The van der Waals surface area contributed by atoms with E-state index in [1.165, 1.54) is 0 Å². The fraction of sp³-hybridized carbons (Fsp3) is 0.357. The van der Waals surface area contributed by atoms with Crippen LogP contribution in [0.4, 0.5) is 0 Å². The molecule has 1 nitrogen and oxygen atoms in total. The van der Waals surface area contributed by atoms with E-state index in [9.17, 15) is 4.79 Å². The molecule has 16 heavy (non-hydrogen) atoms. The van der Waals surface area contributed by atoms with E-state index in [-0.39, 0.29) is 11.2 Å². The fourth-order valence-electron chi connectivity index (χ4n) is 2.04. The smallest absolute Gasteiger partial charge is 0.165 e. The SMILES string of the molecule is CC1(C)CCC(=C(Cl)c2ccccc2)C1=O. The lowest BCUT2D eigenvalue weighted by Crippen LogP contribution is -2.17. The first-order chi connectivity index (χ1) is 7.52. The lowest BCUT2D eigenvalue weighted by atomic mass is 9.90. The molecule has 1 fully saturated rings. The second kappa shape index (κ2) is 4.06. The van der Waals surface area contributed by atoms with Gasteiger partial charge in [0.1, 0.15) is 0 Å². The Morgan fingerprint density at radius 2 is 1.88 bits per heavy atom. The average Bonchev–Trinajstić information content (AvgIpc) is 2.55. The van der Waals surface area contributed by atoms with Gasteiger partial charge in [-0.25, -0.2) is 0 Å². The maximum Gasteiger partial charge on any atom is 0.165 e. The van der Waals surface area contributed by atoms with Gasteiger partial charge in [0, 0.05) is 11.0 Å². The molecule has 0 atom stereocenters. The maximum atomic E-state index is 12.1. The van der Waals surface area contributed by atoms with Crippen LogP contribution in [0.25, 0.3) is 5.03 Å². The molecule has 0 unspecified atom stereocenters. The number of hydrogen-bond acceptors (Lipinski definition) is 1. The third kappa shape index (κ3) is 1.92. The number of hydrogen-bond donors (Lipinski definition) is 0. The predicted octanol–water partition coefficient (Wildman–Crippen LogP) is 4.03. The van der Waals surface area contributed by atoms with Gasteiger partial charge in [0.25, 0.3) is 0 Å². The Balaban J connectivity index is 2.41. The van der Waals surface area contributed by atoms with Crippen molar-refractivity contribution in [3.8, 4) is 0 Å². The summed E-state index contributed by atoms with van der Waals surface area (Å²) in [4.78, 5) is 12.1. The van der Waals surface area contributed by atoms with Gasteiger partial charge in [-0.1, -0.05) is 55.8 Å². The van der Waals surface area contributed by atoms with Gasteiger partial charge in [-0.05, 0) is 18.4 Å². The van der Waals surface area contributed by atoms with Gasteiger partial charge in [-0.2, -0.15) is 0 Å². The van der Waals surface area contributed by atoms with Gasteiger partial charge in [0.2, 0.25) is 0 Å². The minimum absolute atomic E-state index is 0.196. The molecule has 0 aromatic heterocycles. The number of benzene rings is 1. The topological polar surface area (TPSA) is 17.1 Å². The van der Waals surface area contributed by atoms with Crippen LogP contribution in [0.15, 0.2) is 35.9 Å². The van der Waals surface area contributed by atoms with Crippen molar-refractivity contribution in [2.45, 2.75) is 26.7 Å². The number of carbonyl (C=O) groups is 1. The summed E-state index contributed by atoms with van der Waals surface area (Å²) in [5, 5.41) is 0.621. The normalized spacial score (nSPS) is 22.3. The van der Waals surface area contributed by atoms with Crippen LogP contribution < -0.4 is 0 Å². The van der Waals surface area contributed by atoms with Crippen molar-refractivity contribution >= 4 is 22.4 Å². The Morgan fingerprint density at radius 3 is 2.38 bits per heavy atom. The highest BCUT2D eigenvalue weighted by Crippen LogP contribution is 2.41. The maximum absolute atomic E-state index is 12.1. The van der Waals surface area contributed by atoms with Crippen molar-refractivity contribution < 1.29 is 4.79 Å². The summed E-state index contributed by atoms with van der Waals surface area (Å²) in [7, 11) is 0. The van der Waals surface area contributed by atoms with Gasteiger partial charge in [0.15, 0.2) is 5.78 Å². The zero-order valence-corrected chi connectivity index (χ0v) is 10.3. The first-order valence-corrected chi connectivity index (χ1v) is 5.89. The lowest BCUT2D eigenvalue weighted by molar-refractivity contribution is -0.121. The molecule has 2 rings (SSSR count). The van der Waals surface area contributed by atoms with Gasteiger partial charge in [-0.3, -0.25) is 4.79 Å². The monoisotopic (exact) mass is 234 g/mol. The summed E-state index contributed by atoms with van der Waals surface area (Å²) in [5.74, 6) is 0.196. The van der Waals surface area contributed by atoms with E-state index >= 15 is 0 Å². The van der Waals surface area contributed by atoms with E-state index in [4.69, 9.17) is 11.6 Å². The number of rotatable bonds is 1. The molecule has 1 aliphatic rings. The van der Waals surface area contributed by atoms with Crippen LogP contribution in [0.1, 0.15) is 32.3 Å². The van der Waals surface area contributed by atoms with E-state index in [0.29, 0.717) is 5.03 Å². The van der Waals surface area contributed by atoms with Crippen LogP contribution in [0.5, 0.6) is 0 Å². The summed E-state index contributed by atoms with van der Waals surface area (Å²) >= 11 is 6.29. The zero-order valence-electron chi connectivity index (χ0n) is 9.59. The second-order valence-corrected chi connectivity index (χ2v) is 5.25. The molecule has 0 aliphatic heterocycles. The Kier molecular flexibility index (Phi) is 2.90. The predicted molar refractivity (Wildman–Crippen MR) is 67.2 cm³/mol. The molecule has 0 amide bonds. The van der Waals surface area contributed by atoms with Crippen molar-refractivity contribution in [2.75, 3.05) is 0 Å². The standard InChI is InChI=1S/C14H15ClO/c1-14(2)9-8-11(13(14)16)12(15)10-6-4-3-5-7-10/h3-7H,8-9H2,1-2H3. The Labute approximate surface area is 101 Å². The number of halogens is 1. The fourth-order valence-corrected chi connectivity index (χ4v) is 2.35. The van der Waals surface area contributed by atoms with Crippen LogP contribution in [0, 0.1) is 5.41 Å². The molecule has 1 saturated carbocycles. The molecule has 0 heterocycles. The molecule has 2 heteroatoms. The average molecular weight is 235 g/mol. The van der Waals surface area contributed by atoms with Gasteiger partial charge >= 0.3 is 0 Å². The summed E-state index contributed by atoms with van der Waals surface area (Å²) in [6.07, 6.45) is 1.68. The molecular weight excluding hydrogens is 220 g/mol. The van der Waals surface area contributed by atoms with Gasteiger partial charge in [0.05, 0.1) is 5.03 Å². The second-order valence-electron chi connectivity index (χ2n) is 4.87. The first kappa shape index (κ1) is 11.4. The number of allylic oxidation sites excluding steroid dienone is 1. The quantitative estimate of drug-likeness (QED) is 0.671. The largest absolute Gasteiger partial charge is 0.294 e. The van der Waals surface area contributed by atoms with Crippen molar-refractivity contribution in [1.82, 2.24) is 0 Å². The third-order valence-electron chi connectivity index (χ3n) is 3.18. The highest BCUT2D eigenvalue weighted by molar-refractivity contribution is 6.51. The van der Waals surface area contributed by atoms with Crippen LogP contribution in [0.3, 0.4) is 0 Å². The molecule has 0 spiro atoms. The Hall–Kier alpha value is -1.08. The van der Waals surface area contributed by atoms with E-state index < -0.39 is 0 Å². The molecule has 1 aromatic rings. The highest BCUT2D eigenvalue weighted by Gasteiger charge is 2.37. The lowest BCUT2D eigenvalue weighted by Gasteiger charge is -2.13. The van der Waals surface area contributed by atoms with E-state index in [1.807, 2.05) is 44.2 Å². The van der Waals surface area contributed by atoms with E-state index in [2.05, 4.69) is 0 Å². The minimum atomic E-state index is -0.246. The molecular formula is C14H15ClO. The summed E-state index contributed by atoms with van der Waals surface area (Å²) < 4.78 is 0. The van der Waals surface area contributed by atoms with Crippen LogP contribution in [-0.4, -0.2) is 5.78 Å². The molecule has 0 N–H and O–H groups in total. The number of Topliss-reactive ketones (excluding diaryl/α,β-unsaturated/α-hetero) is 1. The van der Waals surface area contributed by atoms with Crippen LogP contribution in [-0.2, 0) is 4.79 Å². The van der Waals surface area contributed by atoms with Crippen molar-refractivity contribution in [2.24, 2.45) is 5.41 Å². The molecule has 84 valence electrons. The van der Waals surface area contributed by atoms with Crippen LogP contribution in [0.2, 0.25) is 0 Å². The summed E-state index contributed by atoms with van der Waals surface area (Å²) in [5.41, 5.74) is 1.48. The minimum Gasteiger partial charge on any atom is -0.294 e. The van der Waals surface area contributed by atoms with Crippen molar-refractivity contribution in [3.63, 3.8) is 0 Å². The first-order valence-electron chi connectivity index (χ1n) is 5.51. The van der Waals surface area contributed by atoms with Gasteiger partial charge < -0.3 is 0 Å². The summed E-state index contributed by atoms with van der Waals surface area (Å²) in [6.45, 7) is 3.97.